The molecule has 0 aromatic heterocycles. The number of anilines is 2. The molecule has 0 atom stereocenters. The summed E-state index contributed by atoms with van der Waals surface area (Å²) in [7, 11) is -3.97. The summed E-state index contributed by atoms with van der Waals surface area (Å²) in [5.74, 6) is -2.09. The summed E-state index contributed by atoms with van der Waals surface area (Å²) in [6.45, 7) is 0.532. The highest BCUT2D eigenvalue weighted by Gasteiger charge is 2.39. The molecule has 1 saturated heterocycles. The molecule has 0 aliphatic carbocycles. The Hall–Kier alpha value is -2.23. The zero-order chi connectivity index (χ0) is 22.4. The van der Waals surface area contributed by atoms with E-state index in [0.29, 0.717) is 5.69 Å². The molecule has 10 heteroatoms. The summed E-state index contributed by atoms with van der Waals surface area (Å²) in [5, 5.41) is 13.7. The Kier molecular flexibility index (Phi) is 5.70. The van der Waals surface area contributed by atoms with Gasteiger partial charge in [-0.25, -0.2) is 17.2 Å². The quantitative estimate of drug-likeness (QED) is 0.669. The van der Waals surface area contributed by atoms with Crippen LogP contribution >= 0.6 is 11.6 Å². The summed E-state index contributed by atoms with van der Waals surface area (Å²) in [6, 6.07) is 6.52. The molecule has 2 aliphatic rings. The van der Waals surface area contributed by atoms with Crippen LogP contribution in [0.1, 0.15) is 24.8 Å². The molecule has 0 bridgehead atoms. The standard InChI is InChI=1S/C21H21ClF2N2O4S/c22-13-1-4-17(16(24)11-13)26-9-7-21(28,8-10-26)12-31(29,30)18-5-3-15(23)20-14(18)2-6-19(27)25-20/h1,3-5,11,28H,2,6-10,12H2,(H,25,27). The van der Waals surface area contributed by atoms with Crippen molar-refractivity contribution < 1.29 is 27.1 Å². The fourth-order valence-electron chi connectivity index (χ4n) is 4.19. The zero-order valence-corrected chi connectivity index (χ0v) is 18.1. The van der Waals surface area contributed by atoms with Crippen LogP contribution in [0, 0.1) is 11.6 Å². The van der Waals surface area contributed by atoms with E-state index in [2.05, 4.69) is 5.32 Å². The maximum atomic E-state index is 14.2. The average Bonchev–Trinajstić information content (AvgIpc) is 2.69. The van der Waals surface area contributed by atoms with Crippen molar-refractivity contribution in [1.29, 1.82) is 0 Å². The number of benzene rings is 2. The first-order valence-electron chi connectivity index (χ1n) is 9.84. The molecule has 1 fully saturated rings. The van der Waals surface area contributed by atoms with E-state index in [1.807, 2.05) is 0 Å². The van der Waals surface area contributed by atoms with E-state index in [0.717, 1.165) is 6.07 Å². The van der Waals surface area contributed by atoms with Gasteiger partial charge in [0.2, 0.25) is 5.91 Å². The summed E-state index contributed by atoms with van der Waals surface area (Å²) < 4.78 is 54.6. The molecule has 0 saturated carbocycles. The van der Waals surface area contributed by atoms with Gasteiger partial charge in [-0.3, -0.25) is 4.79 Å². The molecule has 6 nitrogen and oxygen atoms in total. The average molecular weight is 471 g/mol. The van der Waals surface area contributed by atoms with E-state index >= 15 is 0 Å². The van der Waals surface area contributed by atoms with Gasteiger partial charge in [0.05, 0.1) is 27.6 Å². The van der Waals surface area contributed by atoms with Gasteiger partial charge >= 0.3 is 0 Å². The highest BCUT2D eigenvalue weighted by atomic mass is 35.5. The molecule has 31 heavy (non-hydrogen) atoms. The summed E-state index contributed by atoms with van der Waals surface area (Å²) in [6.07, 6.45) is 0.406. The zero-order valence-electron chi connectivity index (χ0n) is 16.5. The normalized spacial score (nSPS) is 18.5. The number of aliphatic hydroxyl groups is 1. The lowest BCUT2D eigenvalue weighted by Gasteiger charge is -2.39. The van der Waals surface area contributed by atoms with E-state index < -0.39 is 32.8 Å². The molecule has 166 valence electrons. The molecule has 2 heterocycles. The van der Waals surface area contributed by atoms with Crippen molar-refractivity contribution in [2.45, 2.75) is 36.2 Å². The number of piperidine rings is 1. The lowest BCUT2D eigenvalue weighted by atomic mass is 9.93. The van der Waals surface area contributed by atoms with Crippen LogP contribution in [0.25, 0.3) is 0 Å². The number of halogens is 3. The molecular weight excluding hydrogens is 450 g/mol. The van der Waals surface area contributed by atoms with Crippen LogP contribution in [-0.4, -0.2) is 43.9 Å². The van der Waals surface area contributed by atoms with Gasteiger partial charge in [-0.15, -0.1) is 0 Å². The van der Waals surface area contributed by atoms with E-state index in [1.165, 1.54) is 12.1 Å². The minimum atomic E-state index is -3.97. The van der Waals surface area contributed by atoms with Gasteiger partial charge in [0.25, 0.3) is 0 Å². The smallest absolute Gasteiger partial charge is 0.224 e. The Morgan fingerprint density at radius 1 is 1.10 bits per heavy atom. The highest BCUT2D eigenvalue weighted by molar-refractivity contribution is 7.91. The summed E-state index contributed by atoms with van der Waals surface area (Å²) in [4.78, 5) is 13.2. The Morgan fingerprint density at radius 3 is 2.48 bits per heavy atom. The van der Waals surface area contributed by atoms with Crippen molar-refractivity contribution in [1.82, 2.24) is 0 Å². The third-order valence-electron chi connectivity index (χ3n) is 5.82. The fourth-order valence-corrected chi connectivity index (χ4v) is 6.36. The van der Waals surface area contributed by atoms with Crippen molar-refractivity contribution in [3.63, 3.8) is 0 Å². The Morgan fingerprint density at radius 2 is 1.81 bits per heavy atom. The van der Waals surface area contributed by atoms with E-state index in [-0.39, 0.29) is 65.8 Å². The van der Waals surface area contributed by atoms with Crippen LogP contribution in [0.2, 0.25) is 5.02 Å². The number of hydrogen-bond acceptors (Lipinski definition) is 5. The molecule has 0 spiro atoms. The van der Waals surface area contributed by atoms with Crippen molar-refractivity contribution >= 4 is 38.7 Å². The number of fused-ring (bicyclic) bond motifs is 1. The van der Waals surface area contributed by atoms with Gasteiger partial charge in [-0.2, -0.15) is 0 Å². The van der Waals surface area contributed by atoms with Gasteiger partial charge in [-0.05, 0) is 55.2 Å². The number of nitrogens with one attached hydrogen (secondary N) is 1. The Bertz CT molecular complexity index is 1150. The van der Waals surface area contributed by atoms with E-state index in [4.69, 9.17) is 11.6 Å². The van der Waals surface area contributed by atoms with Crippen molar-refractivity contribution in [2.75, 3.05) is 29.1 Å². The molecule has 0 unspecified atom stereocenters. The van der Waals surface area contributed by atoms with Crippen LogP contribution in [0.5, 0.6) is 0 Å². The molecule has 2 aromatic rings. The third-order valence-corrected chi connectivity index (χ3v) is 8.03. The lowest BCUT2D eigenvalue weighted by Crippen LogP contribution is -2.48. The van der Waals surface area contributed by atoms with Crippen LogP contribution in [0.4, 0.5) is 20.2 Å². The molecular formula is C21H21ClF2N2O4S. The molecule has 2 aromatic carbocycles. The lowest BCUT2D eigenvalue weighted by molar-refractivity contribution is -0.116. The Labute approximate surface area is 183 Å². The molecule has 4 rings (SSSR count). The van der Waals surface area contributed by atoms with Crippen LogP contribution in [0.3, 0.4) is 0 Å². The molecule has 2 aliphatic heterocycles. The predicted molar refractivity (Wildman–Crippen MR) is 113 cm³/mol. The number of hydrogen-bond donors (Lipinski definition) is 2. The topological polar surface area (TPSA) is 86.7 Å². The molecule has 0 radical (unpaired) electrons. The first-order valence-corrected chi connectivity index (χ1v) is 11.9. The molecule has 1 amide bonds. The number of amides is 1. The number of carbonyl (C=O) groups is 1. The minimum absolute atomic E-state index is 0.0604. The van der Waals surface area contributed by atoms with Crippen molar-refractivity contribution in [3.05, 3.63) is 52.6 Å². The van der Waals surface area contributed by atoms with Crippen LogP contribution in [-0.2, 0) is 21.1 Å². The van der Waals surface area contributed by atoms with Gasteiger partial charge in [0, 0.05) is 24.5 Å². The van der Waals surface area contributed by atoms with Gasteiger partial charge in [0.1, 0.15) is 11.6 Å². The SMILES string of the molecule is O=C1CCc2c(S(=O)(=O)CC3(O)CCN(c4ccc(Cl)cc4F)CC3)ccc(F)c2N1. The number of sulfone groups is 1. The van der Waals surface area contributed by atoms with Crippen molar-refractivity contribution in [3.8, 4) is 0 Å². The number of nitrogens with zero attached hydrogens (tertiary/aromatic N) is 1. The first-order chi connectivity index (χ1) is 14.6. The number of rotatable bonds is 4. The second-order valence-electron chi connectivity index (χ2n) is 8.01. The van der Waals surface area contributed by atoms with Crippen LogP contribution in [0.15, 0.2) is 35.2 Å². The second-order valence-corrected chi connectivity index (χ2v) is 10.4. The summed E-state index contributed by atoms with van der Waals surface area (Å²) in [5.41, 5.74) is -1.05. The van der Waals surface area contributed by atoms with Gasteiger partial charge < -0.3 is 15.3 Å². The van der Waals surface area contributed by atoms with E-state index in [9.17, 15) is 27.1 Å². The largest absolute Gasteiger partial charge is 0.389 e. The third kappa shape index (κ3) is 4.40. The van der Waals surface area contributed by atoms with Crippen molar-refractivity contribution in [2.24, 2.45) is 0 Å². The minimum Gasteiger partial charge on any atom is -0.389 e. The van der Waals surface area contributed by atoms with E-state index in [1.54, 1.807) is 17.0 Å². The van der Waals surface area contributed by atoms with Gasteiger partial charge in [0.15, 0.2) is 9.84 Å². The predicted octanol–water partition coefficient (Wildman–Crippen LogP) is 3.31. The van der Waals surface area contributed by atoms with Gasteiger partial charge in [-0.1, -0.05) is 11.6 Å². The molecule has 2 N–H and O–H groups in total. The second kappa shape index (κ2) is 8.03. The highest BCUT2D eigenvalue weighted by Crippen LogP contribution is 2.35. The maximum Gasteiger partial charge on any atom is 0.224 e. The fraction of sp³-hybridized carbons (Fsp3) is 0.381. The maximum absolute atomic E-state index is 14.2. The first kappa shape index (κ1) is 22.0. The monoisotopic (exact) mass is 470 g/mol. The Balaban J connectivity index is 1.53. The number of carbonyl (C=O) groups excluding carboxylic acids is 1. The summed E-state index contributed by atoms with van der Waals surface area (Å²) >= 11 is 5.79. The van der Waals surface area contributed by atoms with Crippen LogP contribution < -0.4 is 10.2 Å².